The molecule has 0 aromatic heterocycles. The third kappa shape index (κ3) is 3.55. The van der Waals surface area contributed by atoms with E-state index in [-0.39, 0.29) is 0 Å². The zero-order valence-corrected chi connectivity index (χ0v) is 12.6. The van der Waals surface area contributed by atoms with E-state index >= 15 is 0 Å². The summed E-state index contributed by atoms with van der Waals surface area (Å²) in [6.07, 6.45) is 0. The van der Waals surface area contributed by atoms with Gasteiger partial charge in [0.15, 0.2) is 0 Å². The van der Waals surface area contributed by atoms with Gasteiger partial charge < -0.3 is 20.5 Å². The van der Waals surface area contributed by atoms with Crippen molar-refractivity contribution in [1.82, 2.24) is 4.90 Å². The summed E-state index contributed by atoms with van der Waals surface area (Å²) in [7, 11) is 1.64. The lowest BCUT2D eigenvalue weighted by Gasteiger charge is -2.38. The van der Waals surface area contributed by atoms with E-state index in [0.717, 1.165) is 37.6 Å². The molecule has 0 atom stereocenters. The Hall–Kier alpha value is -1.46. The van der Waals surface area contributed by atoms with Gasteiger partial charge in [0.25, 0.3) is 0 Å². The van der Waals surface area contributed by atoms with Crippen LogP contribution in [0.15, 0.2) is 18.2 Å². The second-order valence-corrected chi connectivity index (χ2v) is 5.97. The molecule has 2 rings (SSSR count). The van der Waals surface area contributed by atoms with Crippen molar-refractivity contribution in [2.24, 2.45) is 0 Å². The third-order valence-electron chi connectivity index (χ3n) is 3.59. The summed E-state index contributed by atoms with van der Waals surface area (Å²) in [5, 5.41) is 9.87. The first-order valence-corrected chi connectivity index (χ1v) is 7.03. The van der Waals surface area contributed by atoms with Gasteiger partial charge in [0.05, 0.1) is 24.1 Å². The van der Waals surface area contributed by atoms with Gasteiger partial charge in [-0.25, -0.2) is 0 Å². The van der Waals surface area contributed by atoms with Gasteiger partial charge in [0.2, 0.25) is 0 Å². The van der Waals surface area contributed by atoms with Crippen LogP contribution in [0.4, 0.5) is 11.4 Å². The maximum absolute atomic E-state index is 9.87. The number of methoxy groups -OCH3 is 1. The minimum absolute atomic E-state index is 0.642. The fourth-order valence-corrected chi connectivity index (χ4v) is 2.68. The quantitative estimate of drug-likeness (QED) is 0.810. The Morgan fingerprint density at radius 1 is 1.25 bits per heavy atom. The van der Waals surface area contributed by atoms with E-state index in [1.807, 2.05) is 32.0 Å². The largest absolute Gasteiger partial charge is 0.495 e. The van der Waals surface area contributed by atoms with Crippen molar-refractivity contribution >= 4 is 11.4 Å². The molecule has 20 heavy (non-hydrogen) atoms. The zero-order valence-electron chi connectivity index (χ0n) is 12.6. The molecule has 0 amide bonds. The summed E-state index contributed by atoms with van der Waals surface area (Å²) in [5.74, 6) is 0.724. The number of rotatable bonds is 4. The van der Waals surface area contributed by atoms with E-state index in [2.05, 4.69) is 9.80 Å². The molecule has 1 aromatic rings. The summed E-state index contributed by atoms with van der Waals surface area (Å²) in [4.78, 5) is 4.56. The Labute approximate surface area is 120 Å². The lowest BCUT2D eigenvalue weighted by molar-refractivity contribution is 0.0345. The highest BCUT2D eigenvalue weighted by Gasteiger charge is 2.23. The lowest BCUT2D eigenvalue weighted by atomic mass is 10.1. The van der Waals surface area contributed by atoms with Crippen molar-refractivity contribution in [3.63, 3.8) is 0 Å². The number of nitrogen functional groups attached to an aromatic ring is 1. The third-order valence-corrected chi connectivity index (χ3v) is 3.59. The fraction of sp³-hybridized carbons (Fsp3) is 0.600. The average molecular weight is 279 g/mol. The Morgan fingerprint density at radius 2 is 1.90 bits per heavy atom. The van der Waals surface area contributed by atoms with Crippen molar-refractivity contribution in [3.05, 3.63) is 18.2 Å². The molecule has 1 fully saturated rings. The van der Waals surface area contributed by atoms with Gasteiger partial charge in [0.1, 0.15) is 5.75 Å². The first kappa shape index (κ1) is 14.9. The summed E-state index contributed by atoms with van der Waals surface area (Å²) < 4.78 is 5.27. The summed E-state index contributed by atoms with van der Waals surface area (Å²) >= 11 is 0. The molecular weight excluding hydrogens is 254 g/mol. The van der Waals surface area contributed by atoms with Crippen LogP contribution < -0.4 is 15.4 Å². The van der Waals surface area contributed by atoms with Gasteiger partial charge in [-0.05, 0) is 26.0 Å². The Bertz CT molecular complexity index is 449. The molecule has 112 valence electrons. The van der Waals surface area contributed by atoms with Crippen LogP contribution in [0.2, 0.25) is 0 Å². The minimum Gasteiger partial charge on any atom is -0.495 e. The fourth-order valence-electron chi connectivity index (χ4n) is 2.68. The average Bonchev–Trinajstić information content (AvgIpc) is 2.38. The Morgan fingerprint density at radius 3 is 2.45 bits per heavy atom. The molecule has 5 nitrogen and oxygen atoms in total. The van der Waals surface area contributed by atoms with Gasteiger partial charge >= 0.3 is 0 Å². The number of nitrogens with two attached hydrogens (primary N) is 1. The Balaban J connectivity index is 2.01. The number of nitrogens with zero attached hydrogens (tertiary/aromatic N) is 2. The van der Waals surface area contributed by atoms with E-state index < -0.39 is 5.60 Å². The number of hydrogen-bond acceptors (Lipinski definition) is 5. The smallest absolute Gasteiger partial charge is 0.143 e. The van der Waals surface area contributed by atoms with Crippen LogP contribution in [0.5, 0.6) is 5.75 Å². The molecule has 1 aliphatic rings. The number of aliphatic hydroxyl groups is 1. The molecule has 0 saturated carbocycles. The van der Waals surface area contributed by atoms with Crippen molar-refractivity contribution in [2.75, 3.05) is 50.5 Å². The molecule has 1 aromatic carbocycles. The monoisotopic (exact) mass is 279 g/mol. The Kier molecular flexibility index (Phi) is 4.40. The van der Waals surface area contributed by atoms with Crippen LogP contribution in [0.3, 0.4) is 0 Å². The molecule has 1 heterocycles. The number of anilines is 2. The maximum Gasteiger partial charge on any atom is 0.143 e. The van der Waals surface area contributed by atoms with Crippen LogP contribution >= 0.6 is 0 Å². The predicted molar refractivity (Wildman–Crippen MR) is 82.4 cm³/mol. The van der Waals surface area contributed by atoms with Gasteiger partial charge in [-0.15, -0.1) is 0 Å². The molecule has 1 saturated heterocycles. The van der Waals surface area contributed by atoms with Crippen LogP contribution in [0.25, 0.3) is 0 Å². The van der Waals surface area contributed by atoms with Crippen LogP contribution in [0, 0.1) is 0 Å². The molecule has 1 aliphatic heterocycles. The van der Waals surface area contributed by atoms with Gasteiger partial charge in [0, 0.05) is 32.7 Å². The van der Waals surface area contributed by atoms with Crippen molar-refractivity contribution in [1.29, 1.82) is 0 Å². The van der Waals surface area contributed by atoms with E-state index in [0.29, 0.717) is 12.2 Å². The van der Waals surface area contributed by atoms with E-state index in [1.54, 1.807) is 7.11 Å². The van der Waals surface area contributed by atoms with Gasteiger partial charge in [-0.2, -0.15) is 0 Å². The van der Waals surface area contributed by atoms with E-state index in [9.17, 15) is 5.11 Å². The minimum atomic E-state index is -0.642. The topological polar surface area (TPSA) is 62.0 Å². The number of para-hydroxylation sites is 1. The summed E-state index contributed by atoms with van der Waals surface area (Å²) in [6.45, 7) is 8.08. The number of hydrogen-bond donors (Lipinski definition) is 2. The van der Waals surface area contributed by atoms with Crippen molar-refractivity contribution < 1.29 is 9.84 Å². The lowest BCUT2D eigenvalue weighted by Crippen LogP contribution is -2.50. The SMILES string of the molecule is COc1cccc(N2CCN(CC(C)(C)O)CC2)c1N. The molecule has 0 radical (unpaired) electrons. The van der Waals surface area contributed by atoms with E-state index in [4.69, 9.17) is 10.5 Å². The van der Waals surface area contributed by atoms with Gasteiger partial charge in [-0.3, -0.25) is 4.90 Å². The maximum atomic E-state index is 9.87. The molecule has 0 spiro atoms. The molecule has 0 bridgehead atoms. The number of piperazine rings is 1. The van der Waals surface area contributed by atoms with Crippen LogP contribution in [-0.2, 0) is 0 Å². The summed E-state index contributed by atoms with van der Waals surface area (Å²) in [5.41, 5.74) is 7.23. The normalized spacial score (nSPS) is 17.3. The van der Waals surface area contributed by atoms with Crippen LogP contribution in [0.1, 0.15) is 13.8 Å². The van der Waals surface area contributed by atoms with Crippen molar-refractivity contribution in [2.45, 2.75) is 19.4 Å². The molecular formula is C15H25N3O2. The van der Waals surface area contributed by atoms with Crippen LogP contribution in [-0.4, -0.2) is 55.4 Å². The standard InChI is InChI=1S/C15H25N3O2/c1-15(2,19)11-17-7-9-18(10-8-17)12-5-4-6-13(20-3)14(12)16/h4-6,19H,7-11,16H2,1-3H3. The second-order valence-electron chi connectivity index (χ2n) is 5.97. The molecule has 0 aliphatic carbocycles. The molecule has 0 unspecified atom stereocenters. The zero-order chi connectivity index (χ0) is 14.8. The first-order chi connectivity index (χ1) is 9.40. The molecule has 5 heteroatoms. The molecule has 3 N–H and O–H groups in total. The van der Waals surface area contributed by atoms with Gasteiger partial charge in [-0.1, -0.05) is 6.07 Å². The number of benzene rings is 1. The predicted octanol–water partition coefficient (Wildman–Crippen LogP) is 1.17. The number of ether oxygens (including phenoxy) is 1. The highest BCUT2D eigenvalue weighted by atomic mass is 16.5. The van der Waals surface area contributed by atoms with Crippen molar-refractivity contribution in [3.8, 4) is 5.75 Å². The first-order valence-electron chi connectivity index (χ1n) is 7.03. The van der Waals surface area contributed by atoms with E-state index in [1.165, 1.54) is 0 Å². The summed E-state index contributed by atoms with van der Waals surface area (Å²) in [6, 6.07) is 5.88. The highest BCUT2D eigenvalue weighted by Crippen LogP contribution is 2.32. The number of β-amino-alcohol motifs (C(OH)–C–C–N with tert-alkyl or cyclic N) is 1. The highest BCUT2D eigenvalue weighted by molar-refractivity contribution is 5.74. The second kappa shape index (κ2) is 5.89.